The molecule has 5 nitrogen and oxygen atoms in total. The molecule has 2 aliphatic heterocycles. The van der Waals surface area contributed by atoms with Gasteiger partial charge in [-0.1, -0.05) is 28.0 Å². The second-order valence-corrected chi connectivity index (χ2v) is 7.41. The topological polar surface area (TPSA) is 63.7 Å². The van der Waals surface area contributed by atoms with Gasteiger partial charge in [-0.05, 0) is 19.3 Å². The molecular weight excluding hydrogens is 286 g/mol. The van der Waals surface area contributed by atoms with E-state index in [1.165, 1.54) is 12.2 Å². The van der Waals surface area contributed by atoms with Crippen LogP contribution in [0, 0.1) is 0 Å². The molecule has 0 aromatic carbocycles. The smallest absolute Gasteiger partial charge is 0.330 e. The van der Waals surface area contributed by atoms with E-state index in [0.29, 0.717) is 10.3 Å². The van der Waals surface area contributed by atoms with Gasteiger partial charge in [0.05, 0.1) is 0 Å². The zero-order valence-electron chi connectivity index (χ0n) is 10.6. The molecule has 2 rings (SSSR count). The van der Waals surface area contributed by atoms with Crippen molar-refractivity contribution in [2.45, 2.75) is 50.2 Å². The van der Waals surface area contributed by atoms with Crippen molar-refractivity contribution in [3.63, 3.8) is 0 Å². The van der Waals surface area contributed by atoms with Crippen LogP contribution in [0.1, 0.15) is 44.9 Å². The molecule has 0 aromatic heterocycles. The van der Waals surface area contributed by atoms with Gasteiger partial charge in [-0.25, -0.2) is 4.79 Å². The van der Waals surface area contributed by atoms with Crippen molar-refractivity contribution in [2.75, 3.05) is 5.75 Å². The predicted octanol–water partition coefficient (Wildman–Crippen LogP) is 2.31. The second-order valence-electron chi connectivity index (χ2n) is 4.62. The van der Waals surface area contributed by atoms with Gasteiger partial charge in [0.25, 0.3) is 11.8 Å². The van der Waals surface area contributed by atoms with Crippen LogP contribution < -0.4 is 0 Å². The van der Waals surface area contributed by atoms with Crippen LogP contribution >= 0.6 is 21.6 Å². The summed E-state index contributed by atoms with van der Waals surface area (Å²) in [5.41, 5.74) is 0. The van der Waals surface area contributed by atoms with E-state index in [9.17, 15) is 14.4 Å². The maximum absolute atomic E-state index is 11.5. The number of amides is 2. The maximum atomic E-state index is 11.5. The molecule has 0 saturated carbocycles. The highest BCUT2D eigenvalue weighted by atomic mass is 33.1. The summed E-state index contributed by atoms with van der Waals surface area (Å²) in [5, 5.41) is 1.33. The number of hydrogen-bond donors (Lipinski definition) is 0. The maximum Gasteiger partial charge on any atom is 0.333 e. The molecule has 2 saturated heterocycles. The third-order valence-corrected chi connectivity index (χ3v) is 6.09. The Morgan fingerprint density at radius 3 is 2.63 bits per heavy atom. The van der Waals surface area contributed by atoms with Crippen molar-refractivity contribution in [3.05, 3.63) is 0 Å². The van der Waals surface area contributed by atoms with Crippen LogP contribution in [0.2, 0.25) is 0 Å². The van der Waals surface area contributed by atoms with E-state index in [1.807, 2.05) is 21.6 Å². The van der Waals surface area contributed by atoms with Gasteiger partial charge < -0.3 is 4.84 Å². The lowest BCUT2D eigenvalue weighted by Gasteiger charge is -2.12. The first-order valence-electron chi connectivity index (χ1n) is 6.51. The lowest BCUT2D eigenvalue weighted by atomic mass is 10.1. The molecule has 0 N–H and O–H groups in total. The predicted molar refractivity (Wildman–Crippen MR) is 74.1 cm³/mol. The number of carbonyl (C=O) groups excluding carboxylic acids is 3. The monoisotopic (exact) mass is 303 g/mol. The van der Waals surface area contributed by atoms with E-state index in [4.69, 9.17) is 4.84 Å². The van der Waals surface area contributed by atoms with E-state index in [2.05, 4.69) is 0 Å². The molecule has 2 fully saturated rings. The zero-order chi connectivity index (χ0) is 13.7. The number of rotatable bonds is 6. The molecule has 2 heterocycles. The Bertz CT molecular complexity index is 353. The average Bonchev–Trinajstić information content (AvgIpc) is 3.00. The van der Waals surface area contributed by atoms with E-state index < -0.39 is 17.8 Å². The first-order chi connectivity index (χ1) is 9.16. The van der Waals surface area contributed by atoms with Gasteiger partial charge in [0.1, 0.15) is 0 Å². The van der Waals surface area contributed by atoms with Crippen LogP contribution in [0.3, 0.4) is 0 Å². The summed E-state index contributed by atoms with van der Waals surface area (Å²) < 4.78 is 0. The Morgan fingerprint density at radius 2 is 2.00 bits per heavy atom. The highest BCUT2D eigenvalue weighted by Gasteiger charge is 2.32. The Labute approximate surface area is 120 Å². The molecule has 7 heteroatoms. The fraction of sp³-hybridized carbons (Fsp3) is 0.750. The molecule has 0 aliphatic carbocycles. The number of unbranched alkanes of at least 4 members (excludes halogenated alkanes) is 1. The van der Waals surface area contributed by atoms with Gasteiger partial charge in [-0.2, -0.15) is 0 Å². The first-order valence-corrected chi connectivity index (χ1v) is 8.90. The highest BCUT2D eigenvalue weighted by Crippen LogP contribution is 2.39. The molecule has 19 heavy (non-hydrogen) atoms. The zero-order valence-corrected chi connectivity index (χ0v) is 12.3. The molecule has 0 spiro atoms. The number of hydrogen-bond acceptors (Lipinski definition) is 6. The molecule has 0 bridgehead atoms. The second kappa shape index (κ2) is 7.19. The van der Waals surface area contributed by atoms with Crippen molar-refractivity contribution in [2.24, 2.45) is 0 Å². The summed E-state index contributed by atoms with van der Waals surface area (Å²) in [6.07, 6.45) is 4.64. The standard InChI is InChI=1S/C12H17NO4S2/c14-10-5-6-11(15)13(10)17-12(16)4-2-1-3-9-7-8-18-19-9/h9H,1-8H2/t9-/m1/s1. The summed E-state index contributed by atoms with van der Waals surface area (Å²) in [5.74, 6) is -0.108. The summed E-state index contributed by atoms with van der Waals surface area (Å²) in [7, 11) is 3.84. The number of imide groups is 1. The molecule has 0 aromatic rings. The van der Waals surface area contributed by atoms with Crippen LogP contribution in [-0.2, 0) is 19.2 Å². The van der Waals surface area contributed by atoms with Crippen LogP contribution in [0.15, 0.2) is 0 Å². The molecule has 2 amide bonds. The minimum Gasteiger partial charge on any atom is -0.330 e. The van der Waals surface area contributed by atoms with Crippen LogP contribution in [0.5, 0.6) is 0 Å². The van der Waals surface area contributed by atoms with E-state index in [1.54, 1.807) is 0 Å². The molecule has 0 radical (unpaired) electrons. The van der Waals surface area contributed by atoms with E-state index in [0.717, 1.165) is 19.3 Å². The number of nitrogens with zero attached hydrogens (tertiary/aromatic N) is 1. The van der Waals surface area contributed by atoms with Gasteiger partial charge in [0.15, 0.2) is 0 Å². The lowest BCUT2D eigenvalue weighted by Crippen LogP contribution is -2.31. The fourth-order valence-corrected chi connectivity index (χ4v) is 5.04. The average molecular weight is 303 g/mol. The Morgan fingerprint density at radius 1 is 1.26 bits per heavy atom. The number of carbonyl (C=O) groups is 3. The van der Waals surface area contributed by atoms with Crippen LogP contribution in [-0.4, -0.2) is 33.8 Å². The van der Waals surface area contributed by atoms with E-state index >= 15 is 0 Å². The summed E-state index contributed by atoms with van der Waals surface area (Å²) >= 11 is 0. The van der Waals surface area contributed by atoms with Crippen molar-refractivity contribution < 1.29 is 19.2 Å². The lowest BCUT2D eigenvalue weighted by molar-refractivity contribution is -0.197. The van der Waals surface area contributed by atoms with Crippen LogP contribution in [0.4, 0.5) is 0 Å². The number of hydroxylamine groups is 2. The van der Waals surface area contributed by atoms with Gasteiger partial charge in [-0.3, -0.25) is 9.59 Å². The summed E-state index contributed by atoms with van der Waals surface area (Å²) in [6, 6.07) is 0. The first kappa shape index (κ1) is 14.7. The normalized spacial score (nSPS) is 23.2. The third-order valence-electron chi connectivity index (χ3n) is 3.08. The third kappa shape index (κ3) is 4.42. The van der Waals surface area contributed by atoms with Crippen molar-refractivity contribution in [3.8, 4) is 0 Å². The molecule has 0 unspecified atom stereocenters. The molecule has 106 valence electrons. The fourth-order valence-electron chi connectivity index (χ4n) is 2.01. The minimum atomic E-state index is -0.489. The van der Waals surface area contributed by atoms with Gasteiger partial charge in [0, 0.05) is 30.3 Å². The van der Waals surface area contributed by atoms with Crippen LogP contribution in [0.25, 0.3) is 0 Å². The Kier molecular flexibility index (Phi) is 5.57. The van der Waals surface area contributed by atoms with Crippen molar-refractivity contribution in [1.29, 1.82) is 0 Å². The quantitative estimate of drug-likeness (QED) is 0.426. The molecule has 1 atom stereocenters. The molecular formula is C12H17NO4S2. The van der Waals surface area contributed by atoms with Gasteiger partial charge >= 0.3 is 5.97 Å². The van der Waals surface area contributed by atoms with Crippen molar-refractivity contribution >= 4 is 39.4 Å². The summed E-state index contributed by atoms with van der Waals surface area (Å²) in [6.45, 7) is 0. The van der Waals surface area contributed by atoms with Gasteiger partial charge in [-0.15, -0.1) is 5.06 Å². The SMILES string of the molecule is O=C(CCCC[C@@H]1CCSS1)ON1C(=O)CCC1=O. The largest absolute Gasteiger partial charge is 0.333 e. The van der Waals surface area contributed by atoms with E-state index in [-0.39, 0.29) is 19.3 Å². The highest BCUT2D eigenvalue weighted by molar-refractivity contribution is 8.77. The summed E-state index contributed by atoms with van der Waals surface area (Å²) in [4.78, 5) is 38.8. The molecule has 2 aliphatic rings. The Hall–Kier alpha value is -0.690. The van der Waals surface area contributed by atoms with Gasteiger partial charge in [0.2, 0.25) is 0 Å². The minimum absolute atomic E-state index is 0.142. The van der Waals surface area contributed by atoms with Crippen molar-refractivity contribution in [1.82, 2.24) is 5.06 Å². The Balaban J connectivity index is 1.59.